The van der Waals surface area contributed by atoms with Gasteiger partial charge in [-0.15, -0.1) is 0 Å². The van der Waals surface area contributed by atoms with Crippen molar-refractivity contribution in [3.05, 3.63) is 73.1 Å². The van der Waals surface area contributed by atoms with Gasteiger partial charge >= 0.3 is 5.97 Å². The lowest BCUT2D eigenvalue weighted by atomic mass is 10.0. The first-order chi connectivity index (χ1) is 26.6. The van der Waals surface area contributed by atoms with Gasteiger partial charge in [0.1, 0.15) is 19.8 Å². The number of rotatable bonds is 39. The van der Waals surface area contributed by atoms with E-state index in [1.54, 1.807) is 6.26 Å². The fraction of sp³-hybridized carbons (Fsp3) is 0.717. The van der Waals surface area contributed by atoms with E-state index in [2.05, 4.69) is 74.6 Å². The van der Waals surface area contributed by atoms with E-state index in [0.29, 0.717) is 17.4 Å². The predicted molar refractivity (Wildman–Crippen MR) is 231 cm³/mol. The van der Waals surface area contributed by atoms with Gasteiger partial charge in [0.15, 0.2) is 6.10 Å². The molecule has 8 nitrogen and oxygen atoms in total. The van der Waals surface area contributed by atoms with Crippen LogP contribution in [-0.4, -0.2) is 64.1 Å². The van der Waals surface area contributed by atoms with Crippen molar-refractivity contribution < 1.29 is 37.3 Å². The fourth-order valence-corrected chi connectivity index (χ4v) is 6.22. The van der Waals surface area contributed by atoms with E-state index in [0.717, 1.165) is 51.4 Å². The van der Waals surface area contributed by atoms with Gasteiger partial charge in [-0.1, -0.05) is 158 Å². The number of hydrogen-bond acceptors (Lipinski definition) is 7. The smallest absolute Gasteiger partial charge is 0.306 e. The van der Waals surface area contributed by atoms with Crippen LogP contribution in [0.3, 0.4) is 0 Å². The van der Waals surface area contributed by atoms with Crippen molar-refractivity contribution in [2.75, 3.05) is 47.5 Å². The Morgan fingerprint density at radius 3 is 1.58 bits per heavy atom. The van der Waals surface area contributed by atoms with Crippen molar-refractivity contribution in [3.8, 4) is 0 Å². The Morgan fingerprint density at radius 1 is 0.600 bits per heavy atom. The number of phosphoric ester groups is 1. The molecule has 2 atom stereocenters. The molecular formula is C46H82NO7P. The van der Waals surface area contributed by atoms with E-state index in [9.17, 15) is 14.3 Å². The fourth-order valence-electron chi connectivity index (χ4n) is 5.49. The summed E-state index contributed by atoms with van der Waals surface area (Å²) in [6, 6.07) is 0. The number of allylic oxidation sites excluding steroid dienone is 11. The second-order valence-electron chi connectivity index (χ2n) is 15.4. The molecule has 0 heterocycles. The van der Waals surface area contributed by atoms with Crippen molar-refractivity contribution in [1.82, 2.24) is 0 Å². The van der Waals surface area contributed by atoms with Gasteiger partial charge < -0.3 is 27.9 Å². The Labute approximate surface area is 338 Å². The minimum Gasteiger partial charge on any atom is -0.756 e. The Morgan fingerprint density at radius 2 is 1.07 bits per heavy atom. The zero-order valence-electron chi connectivity index (χ0n) is 35.8. The summed E-state index contributed by atoms with van der Waals surface area (Å²) in [5, 5.41) is 0. The van der Waals surface area contributed by atoms with E-state index in [1.807, 2.05) is 27.2 Å². The Balaban J connectivity index is 4.41. The molecular weight excluding hydrogens is 709 g/mol. The summed E-state index contributed by atoms with van der Waals surface area (Å²) in [6.07, 6.45) is 50.2. The summed E-state index contributed by atoms with van der Waals surface area (Å²) < 4.78 is 34.2. The van der Waals surface area contributed by atoms with Crippen LogP contribution in [0.2, 0.25) is 0 Å². The summed E-state index contributed by atoms with van der Waals surface area (Å²) in [7, 11) is 1.28. The highest BCUT2D eigenvalue weighted by Crippen LogP contribution is 2.38. The molecule has 0 rings (SSSR count). The number of likely N-dealkylation sites (N-methyl/N-ethyl adjacent to an activating group) is 1. The third-order valence-electron chi connectivity index (χ3n) is 8.84. The molecule has 0 aromatic heterocycles. The maximum Gasteiger partial charge on any atom is 0.306 e. The van der Waals surface area contributed by atoms with Crippen molar-refractivity contribution in [3.63, 3.8) is 0 Å². The molecule has 0 N–H and O–H groups in total. The standard InChI is InChI=1S/C46H82NO7P/c1-6-8-10-12-14-16-18-20-22-24-25-27-29-31-33-35-37-39-46(48)54-45(44-53-55(49,50)52-42-40-47(3,4)5)43-51-41-38-36-34-32-30-28-26-23-21-19-17-15-13-11-9-7-2/h8,10,14,16,20,22,25,27,31,33,38,41,45H,6-7,9,11-13,15,17-19,21,23-24,26,28-30,32,34-37,39-40,42-44H2,1-5H3/b10-8-,16-14-,22-20-,27-25-,33-31-,41-38-/t45-/m1/s1. The van der Waals surface area contributed by atoms with Crippen LogP contribution in [0.1, 0.15) is 162 Å². The molecule has 0 amide bonds. The highest BCUT2D eigenvalue weighted by atomic mass is 31.2. The zero-order valence-corrected chi connectivity index (χ0v) is 36.7. The van der Waals surface area contributed by atoms with Crippen molar-refractivity contribution >= 4 is 13.8 Å². The molecule has 55 heavy (non-hydrogen) atoms. The van der Waals surface area contributed by atoms with E-state index in [1.165, 1.54) is 83.5 Å². The van der Waals surface area contributed by atoms with Gasteiger partial charge in [-0.25, -0.2) is 0 Å². The third-order valence-corrected chi connectivity index (χ3v) is 9.80. The maximum atomic E-state index is 12.6. The van der Waals surface area contributed by atoms with Gasteiger partial charge in [0, 0.05) is 6.42 Å². The minimum atomic E-state index is -4.56. The van der Waals surface area contributed by atoms with Gasteiger partial charge in [-0.05, 0) is 63.9 Å². The molecule has 0 aromatic rings. The third kappa shape index (κ3) is 42.8. The van der Waals surface area contributed by atoms with E-state index < -0.39 is 19.9 Å². The second kappa shape index (κ2) is 38.6. The number of nitrogens with zero attached hydrogens (tertiary/aromatic N) is 1. The average molecular weight is 792 g/mol. The van der Waals surface area contributed by atoms with E-state index in [-0.39, 0.29) is 26.2 Å². The Bertz CT molecular complexity index is 1110. The first kappa shape index (κ1) is 52.8. The molecule has 0 bridgehead atoms. The molecule has 0 aliphatic heterocycles. The number of carbonyl (C=O) groups excluding carboxylic acids is 1. The minimum absolute atomic E-state index is 0.00300. The number of quaternary nitrogens is 1. The van der Waals surface area contributed by atoms with E-state index >= 15 is 0 Å². The number of hydrogen-bond donors (Lipinski definition) is 0. The first-order valence-corrected chi connectivity index (χ1v) is 23.2. The van der Waals surface area contributed by atoms with Gasteiger partial charge in [0.25, 0.3) is 7.82 Å². The lowest BCUT2D eigenvalue weighted by Gasteiger charge is -2.28. The number of ether oxygens (including phenoxy) is 2. The lowest BCUT2D eigenvalue weighted by molar-refractivity contribution is -0.870. The molecule has 0 fully saturated rings. The van der Waals surface area contributed by atoms with E-state index in [4.69, 9.17) is 18.5 Å². The number of phosphoric acid groups is 1. The highest BCUT2D eigenvalue weighted by Gasteiger charge is 2.20. The number of esters is 1. The first-order valence-electron chi connectivity index (χ1n) is 21.7. The molecule has 0 aliphatic rings. The molecule has 0 aliphatic carbocycles. The highest BCUT2D eigenvalue weighted by molar-refractivity contribution is 7.45. The molecule has 0 radical (unpaired) electrons. The largest absolute Gasteiger partial charge is 0.756 e. The molecule has 318 valence electrons. The molecule has 0 spiro atoms. The normalized spacial score (nSPS) is 14.4. The molecule has 0 saturated carbocycles. The van der Waals surface area contributed by atoms with Crippen LogP contribution in [0.25, 0.3) is 0 Å². The van der Waals surface area contributed by atoms with Crippen LogP contribution in [-0.2, 0) is 27.9 Å². The molecule has 0 saturated heterocycles. The summed E-state index contributed by atoms with van der Waals surface area (Å²) in [4.78, 5) is 25.0. The zero-order chi connectivity index (χ0) is 40.6. The Kier molecular flexibility index (Phi) is 37.1. The number of carbonyl (C=O) groups is 1. The predicted octanol–water partition coefficient (Wildman–Crippen LogP) is 12.4. The van der Waals surface area contributed by atoms with Gasteiger partial charge in [0.2, 0.25) is 0 Å². The second-order valence-corrected chi connectivity index (χ2v) is 16.8. The van der Waals surface area contributed by atoms with Crippen molar-refractivity contribution in [1.29, 1.82) is 0 Å². The quantitative estimate of drug-likeness (QED) is 0.0153. The average Bonchev–Trinajstić information content (AvgIpc) is 3.13. The lowest BCUT2D eigenvalue weighted by Crippen LogP contribution is -2.37. The molecule has 1 unspecified atom stereocenters. The summed E-state index contributed by atoms with van der Waals surface area (Å²) >= 11 is 0. The SMILES string of the molecule is CC/C=C\C/C=C\C/C=C\C/C=C\C/C=C\CCCC(=O)O[C@H](CO/C=C\CCCCCCCCCCCCCCCC)COP(=O)([O-])OCC[N+](C)(C)C. The monoisotopic (exact) mass is 792 g/mol. The number of unbranched alkanes of at least 4 members (excludes halogenated alkanes) is 15. The summed E-state index contributed by atoms with van der Waals surface area (Å²) in [5.41, 5.74) is 0. The van der Waals surface area contributed by atoms with Crippen LogP contribution in [0, 0.1) is 0 Å². The van der Waals surface area contributed by atoms with Crippen LogP contribution in [0.15, 0.2) is 73.1 Å². The van der Waals surface area contributed by atoms with Crippen LogP contribution >= 0.6 is 7.82 Å². The van der Waals surface area contributed by atoms with Gasteiger partial charge in [-0.2, -0.15) is 0 Å². The summed E-state index contributed by atoms with van der Waals surface area (Å²) in [5.74, 6) is -0.414. The van der Waals surface area contributed by atoms with Crippen molar-refractivity contribution in [2.45, 2.75) is 168 Å². The molecule has 0 aromatic carbocycles. The maximum absolute atomic E-state index is 12.6. The Hall–Kier alpha value is -2.22. The van der Waals surface area contributed by atoms with Crippen LogP contribution in [0.4, 0.5) is 0 Å². The van der Waals surface area contributed by atoms with Crippen LogP contribution < -0.4 is 4.89 Å². The summed E-state index contributed by atoms with van der Waals surface area (Å²) in [6.45, 7) is 4.54. The van der Waals surface area contributed by atoms with Crippen LogP contribution in [0.5, 0.6) is 0 Å². The van der Waals surface area contributed by atoms with Crippen molar-refractivity contribution in [2.24, 2.45) is 0 Å². The van der Waals surface area contributed by atoms with Gasteiger partial charge in [-0.3, -0.25) is 9.36 Å². The van der Waals surface area contributed by atoms with Gasteiger partial charge in [0.05, 0.1) is 34.0 Å². The topological polar surface area (TPSA) is 94.1 Å². The molecule has 9 heteroatoms.